The minimum Gasteiger partial charge on any atom is -0.335 e. The van der Waals surface area contributed by atoms with Crippen LogP contribution in [0.25, 0.3) is 10.1 Å². The van der Waals surface area contributed by atoms with Gasteiger partial charge in [0, 0.05) is 48.4 Å². The molecule has 162 valence electrons. The number of thiophene rings is 1. The van der Waals surface area contributed by atoms with Crippen molar-refractivity contribution in [1.82, 2.24) is 9.21 Å². The van der Waals surface area contributed by atoms with E-state index in [0.717, 1.165) is 6.07 Å². The molecule has 0 atom stereocenters. The minimum absolute atomic E-state index is 0.0646. The normalized spacial score (nSPS) is 15.4. The maximum atomic E-state index is 14.2. The molecule has 1 amide bonds. The SMILES string of the molecule is Cc1c(C(=O)N2CCN(S(=O)(=O)c3cccc([N+](=O)[O-])c3)CC2)sc2cccc(F)c12. The molecule has 0 N–H and O–H groups in total. The number of rotatable bonds is 4. The van der Waals surface area contributed by atoms with Crippen LogP contribution in [0.1, 0.15) is 15.2 Å². The van der Waals surface area contributed by atoms with Gasteiger partial charge in [0.25, 0.3) is 11.6 Å². The zero-order valence-corrected chi connectivity index (χ0v) is 18.1. The van der Waals surface area contributed by atoms with E-state index >= 15 is 0 Å². The molecule has 0 spiro atoms. The van der Waals surface area contributed by atoms with Gasteiger partial charge in [0.1, 0.15) is 5.82 Å². The number of non-ortho nitro benzene ring substituents is 1. The topological polar surface area (TPSA) is 101 Å². The van der Waals surface area contributed by atoms with E-state index in [9.17, 15) is 27.7 Å². The summed E-state index contributed by atoms with van der Waals surface area (Å²) in [5, 5.41) is 11.4. The molecule has 3 aromatic rings. The van der Waals surface area contributed by atoms with Crippen LogP contribution in [-0.2, 0) is 10.0 Å². The number of nitro benzene ring substituents is 1. The minimum atomic E-state index is -3.92. The van der Waals surface area contributed by atoms with Gasteiger partial charge < -0.3 is 4.90 Å². The average molecular weight is 464 g/mol. The number of hydrogen-bond donors (Lipinski definition) is 0. The first kappa shape index (κ1) is 21.3. The second-order valence-electron chi connectivity index (χ2n) is 7.12. The zero-order valence-electron chi connectivity index (χ0n) is 16.4. The van der Waals surface area contributed by atoms with Crippen LogP contribution in [0.5, 0.6) is 0 Å². The molecular formula is C20H18FN3O5S2. The summed E-state index contributed by atoms with van der Waals surface area (Å²) >= 11 is 1.22. The van der Waals surface area contributed by atoms with Gasteiger partial charge in [-0.15, -0.1) is 11.3 Å². The fraction of sp³-hybridized carbons (Fsp3) is 0.250. The summed E-state index contributed by atoms with van der Waals surface area (Å²) in [6, 6.07) is 9.61. The molecule has 1 aliphatic rings. The number of halogens is 1. The van der Waals surface area contributed by atoms with E-state index in [1.165, 1.54) is 39.9 Å². The molecule has 0 aliphatic carbocycles. The summed E-state index contributed by atoms with van der Waals surface area (Å²) in [7, 11) is -3.92. The Morgan fingerprint density at radius 3 is 2.45 bits per heavy atom. The molecule has 0 bridgehead atoms. The molecule has 4 rings (SSSR count). The van der Waals surface area contributed by atoms with E-state index in [0.29, 0.717) is 20.5 Å². The van der Waals surface area contributed by atoms with Gasteiger partial charge in [-0.05, 0) is 30.7 Å². The van der Waals surface area contributed by atoms with Crippen LogP contribution in [-0.4, -0.2) is 54.6 Å². The highest BCUT2D eigenvalue weighted by atomic mass is 32.2. The van der Waals surface area contributed by atoms with E-state index in [4.69, 9.17) is 0 Å². The third kappa shape index (κ3) is 3.80. The van der Waals surface area contributed by atoms with Crippen molar-refractivity contribution >= 4 is 43.0 Å². The standard InChI is InChI=1S/C20H18FN3O5S2/c1-13-18-16(21)6-3-7-17(18)30-19(13)20(25)22-8-10-23(11-9-22)31(28,29)15-5-2-4-14(12-15)24(26)27/h2-7,12H,8-11H2,1H3. The molecule has 1 aromatic heterocycles. The molecule has 31 heavy (non-hydrogen) atoms. The van der Waals surface area contributed by atoms with Crippen molar-refractivity contribution in [2.45, 2.75) is 11.8 Å². The fourth-order valence-electron chi connectivity index (χ4n) is 3.64. The van der Waals surface area contributed by atoms with Gasteiger partial charge in [0.2, 0.25) is 10.0 Å². The lowest BCUT2D eigenvalue weighted by molar-refractivity contribution is -0.385. The monoisotopic (exact) mass is 463 g/mol. The quantitative estimate of drug-likeness (QED) is 0.436. The van der Waals surface area contributed by atoms with Crippen LogP contribution in [0.2, 0.25) is 0 Å². The second-order valence-corrected chi connectivity index (χ2v) is 10.1. The van der Waals surface area contributed by atoms with E-state index in [1.807, 2.05) is 0 Å². The third-order valence-corrected chi connectivity index (χ3v) is 8.43. The Labute approximate surface area is 181 Å². The van der Waals surface area contributed by atoms with Crippen molar-refractivity contribution in [3.8, 4) is 0 Å². The van der Waals surface area contributed by atoms with Crippen LogP contribution < -0.4 is 0 Å². The Kier molecular flexibility index (Phi) is 5.50. The largest absolute Gasteiger partial charge is 0.335 e. The van der Waals surface area contributed by atoms with Crippen molar-refractivity contribution in [2.24, 2.45) is 0 Å². The number of nitro groups is 1. The van der Waals surface area contributed by atoms with E-state index < -0.39 is 14.9 Å². The van der Waals surface area contributed by atoms with Crippen LogP contribution in [0, 0.1) is 22.9 Å². The van der Waals surface area contributed by atoms with Gasteiger partial charge in [-0.25, -0.2) is 12.8 Å². The summed E-state index contributed by atoms with van der Waals surface area (Å²) in [5.41, 5.74) is 0.275. The van der Waals surface area contributed by atoms with E-state index in [-0.39, 0.29) is 48.5 Å². The first-order valence-corrected chi connectivity index (χ1v) is 11.7. The van der Waals surface area contributed by atoms with Crippen LogP contribution in [0.15, 0.2) is 47.4 Å². The van der Waals surface area contributed by atoms with E-state index in [1.54, 1.807) is 24.0 Å². The van der Waals surface area contributed by atoms with Gasteiger partial charge in [0.05, 0.1) is 14.7 Å². The zero-order chi connectivity index (χ0) is 22.3. The van der Waals surface area contributed by atoms with Crippen molar-refractivity contribution in [1.29, 1.82) is 0 Å². The number of aryl methyl sites for hydroxylation is 1. The average Bonchev–Trinajstić information content (AvgIpc) is 3.11. The molecule has 2 heterocycles. The molecule has 8 nitrogen and oxygen atoms in total. The molecule has 11 heteroatoms. The lowest BCUT2D eigenvalue weighted by Gasteiger charge is -2.33. The summed E-state index contributed by atoms with van der Waals surface area (Å²) in [6.07, 6.45) is 0. The summed E-state index contributed by atoms with van der Waals surface area (Å²) in [6.45, 7) is 2.18. The maximum Gasteiger partial charge on any atom is 0.270 e. The Bertz CT molecular complexity index is 1300. The lowest BCUT2D eigenvalue weighted by atomic mass is 10.1. The first-order chi connectivity index (χ1) is 14.7. The van der Waals surface area contributed by atoms with Gasteiger partial charge in [-0.2, -0.15) is 4.31 Å². The van der Waals surface area contributed by atoms with Crippen molar-refractivity contribution in [2.75, 3.05) is 26.2 Å². The third-order valence-electron chi connectivity index (χ3n) is 5.29. The second kappa shape index (κ2) is 7.98. The number of carbonyl (C=O) groups is 1. The summed E-state index contributed by atoms with van der Waals surface area (Å²) in [5.74, 6) is -0.635. The van der Waals surface area contributed by atoms with Gasteiger partial charge in [-0.3, -0.25) is 14.9 Å². The maximum absolute atomic E-state index is 14.2. The molecule has 1 saturated heterocycles. The predicted molar refractivity (Wildman–Crippen MR) is 114 cm³/mol. The number of piperazine rings is 1. The molecule has 2 aromatic carbocycles. The van der Waals surface area contributed by atoms with Gasteiger partial charge >= 0.3 is 0 Å². The number of benzene rings is 2. The highest BCUT2D eigenvalue weighted by molar-refractivity contribution is 7.89. The first-order valence-electron chi connectivity index (χ1n) is 9.41. The molecule has 1 fully saturated rings. The fourth-order valence-corrected chi connectivity index (χ4v) is 6.29. The molecule has 0 unspecified atom stereocenters. The number of hydrogen-bond acceptors (Lipinski definition) is 6. The van der Waals surface area contributed by atoms with Crippen LogP contribution in [0.3, 0.4) is 0 Å². The Balaban J connectivity index is 1.52. The number of sulfonamides is 1. The molecule has 1 aliphatic heterocycles. The van der Waals surface area contributed by atoms with Gasteiger partial charge in [0.15, 0.2) is 0 Å². The Hall–Kier alpha value is -2.89. The smallest absolute Gasteiger partial charge is 0.270 e. The number of fused-ring (bicyclic) bond motifs is 1. The van der Waals surface area contributed by atoms with Crippen molar-refractivity contribution in [3.05, 3.63) is 68.8 Å². The van der Waals surface area contributed by atoms with E-state index in [2.05, 4.69) is 0 Å². The summed E-state index contributed by atoms with van der Waals surface area (Å²) in [4.78, 5) is 25.2. The predicted octanol–water partition coefficient (Wildman–Crippen LogP) is 3.40. The highest BCUT2D eigenvalue weighted by Crippen LogP contribution is 2.33. The number of carbonyl (C=O) groups excluding carboxylic acids is 1. The molecule has 0 saturated carbocycles. The molecular weight excluding hydrogens is 445 g/mol. The van der Waals surface area contributed by atoms with Crippen LogP contribution in [0.4, 0.5) is 10.1 Å². The van der Waals surface area contributed by atoms with Crippen LogP contribution >= 0.6 is 11.3 Å². The number of amides is 1. The van der Waals surface area contributed by atoms with Gasteiger partial charge in [-0.1, -0.05) is 12.1 Å². The lowest BCUT2D eigenvalue weighted by Crippen LogP contribution is -2.50. The highest BCUT2D eigenvalue weighted by Gasteiger charge is 2.32. The Morgan fingerprint density at radius 2 is 1.81 bits per heavy atom. The molecule has 0 radical (unpaired) electrons. The summed E-state index contributed by atoms with van der Waals surface area (Å²) < 4.78 is 41.8. The van der Waals surface area contributed by atoms with Crippen molar-refractivity contribution < 1.29 is 22.5 Å². The van der Waals surface area contributed by atoms with Crippen molar-refractivity contribution in [3.63, 3.8) is 0 Å². The Morgan fingerprint density at radius 1 is 1.13 bits per heavy atom. The number of nitrogens with zero attached hydrogens (tertiary/aromatic N) is 3.